The van der Waals surface area contributed by atoms with Crippen molar-refractivity contribution >= 4 is 44.3 Å². The molecule has 0 bridgehead atoms. The second-order valence-electron chi connectivity index (χ2n) is 4.85. The molecule has 22 heavy (non-hydrogen) atoms. The van der Waals surface area contributed by atoms with Gasteiger partial charge in [-0.25, -0.2) is 14.8 Å². The minimum absolute atomic E-state index is 0.204. The van der Waals surface area contributed by atoms with E-state index in [0.29, 0.717) is 11.3 Å². The van der Waals surface area contributed by atoms with Crippen molar-refractivity contribution in [3.63, 3.8) is 0 Å². The fourth-order valence-electron chi connectivity index (χ4n) is 2.10. The third kappa shape index (κ3) is 2.78. The molecule has 0 radical (unpaired) electrons. The summed E-state index contributed by atoms with van der Waals surface area (Å²) in [5, 5.41) is 13.0. The molecule has 0 saturated carbocycles. The number of carbonyl (C=O) groups is 1. The van der Waals surface area contributed by atoms with Crippen LogP contribution >= 0.6 is 15.9 Å². The number of fused-ring (bicyclic) bond motifs is 1. The van der Waals surface area contributed by atoms with Gasteiger partial charge in [-0.05, 0) is 42.8 Å². The third-order valence-corrected chi connectivity index (χ3v) is 4.17. The van der Waals surface area contributed by atoms with Crippen molar-refractivity contribution in [1.82, 2.24) is 9.97 Å². The molecule has 0 saturated heterocycles. The van der Waals surface area contributed by atoms with E-state index in [4.69, 9.17) is 5.11 Å². The standard InChI is InChI=1S/C16H12BrN3O2/c1-9-2-4-11(7-13(9)17)20-15-12-5-3-10(16(21)22)6-14(12)18-8-19-15/h2-8H,1H3,(H,21,22)(H,18,19,20). The van der Waals surface area contributed by atoms with Crippen LogP contribution in [0.2, 0.25) is 0 Å². The molecular formula is C16H12BrN3O2. The molecular weight excluding hydrogens is 346 g/mol. The molecule has 2 aromatic carbocycles. The van der Waals surface area contributed by atoms with E-state index in [1.165, 1.54) is 12.4 Å². The lowest BCUT2D eigenvalue weighted by molar-refractivity contribution is 0.0697. The van der Waals surface area contributed by atoms with Crippen LogP contribution in [0.5, 0.6) is 0 Å². The normalized spacial score (nSPS) is 10.6. The zero-order valence-electron chi connectivity index (χ0n) is 11.7. The first-order valence-corrected chi connectivity index (χ1v) is 7.35. The van der Waals surface area contributed by atoms with Gasteiger partial charge >= 0.3 is 5.97 Å². The van der Waals surface area contributed by atoms with E-state index in [0.717, 1.165) is 21.1 Å². The molecule has 6 heteroatoms. The van der Waals surface area contributed by atoms with Crippen LogP contribution in [0.4, 0.5) is 11.5 Å². The van der Waals surface area contributed by atoms with Crippen molar-refractivity contribution in [1.29, 1.82) is 0 Å². The van der Waals surface area contributed by atoms with Crippen LogP contribution in [-0.4, -0.2) is 21.0 Å². The lowest BCUT2D eigenvalue weighted by Crippen LogP contribution is -1.99. The van der Waals surface area contributed by atoms with Crippen LogP contribution in [0.1, 0.15) is 15.9 Å². The SMILES string of the molecule is Cc1ccc(Nc2ncnc3cc(C(=O)O)ccc23)cc1Br. The van der Waals surface area contributed by atoms with Crippen molar-refractivity contribution in [3.05, 3.63) is 58.3 Å². The van der Waals surface area contributed by atoms with Crippen molar-refractivity contribution < 1.29 is 9.90 Å². The summed E-state index contributed by atoms with van der Waals surface area (Å²) in [6.07, 6.45) is 1.42. The molecule has 0 aliphatic rings. The van der Waals surface area contributed by atoms with Crippen molar-refractivity contribution in [3.8, 4) is 0 Å². The number of nitrogens with zero attached hydrogens (tertiary/aromatic N) is 2. The molecule has 1 aromatic heterocycles. The number of benzene rings is 2. The second-order valence-corrected chi connectivity index (χ2v) is 5.70. The molecule has 1 heterocycles. The first-order valence-electron chi connectivity index (χ1n) is 6.56. The maximum atomic E-state index is 11.0. The minimum atomic E-state index is -0.975. The smallest absolute Gasteiger partial charge is 0.335 e. The summed E-state index contributed by atoms with van der Waals surface area (Å²) in [7, 11) is 0. The molecule has 0 aliphatic carbocycles. The van der Waals surface area contributed by atoms with Gasteiger partial charge in [-0.15, -0.1) is 0 Å². The highest BCUT2D eigenvalue weighted by atomic mass is 79.9. The topological polar surface area (TPSA) is 75.1 Å². The summed E-state index contributed by atoms with van der Waals surface area (Å²) in [6.45, 7) is 2.02. The lowest BCUT2D eigenvalue weighted by atomic mass is 10.1. The monoisotopic (exact) mass is 357 g/mol. The van der Waals surface area contributed by atoms with Crippen LogP contribution in [0, 0.1) is 6.92 Å². The number of anilines is 2. The Labute approximate surface area is 135 Å². The Bertz CT molecular complexity index is 880. The predicted octanol–water partition coefficient (Wildman–Crippen LogP) is 4.14. The van der Waals surface area contributed by atoms with E-state index in [9.17, 15) is 4.79 Å². The first-order chi connectivity index (χ1) is 10.5. The Morgan fingerprint density at radius 3 is 2.73 bits per heavy atom. The first kappa shape index (κ1) is 14.5. The van der Waals surface area contributed by atoms with Crippen LogP contribution in [-0.2, 0) is 0 Å². The largest absolute Gasteiger partial charge is 0.478 e. The van der Waals surface area contributed by atoms with E-state index < -0.39 is 5.97 Å². The van der Waals surface area contributed by atoms with Gasteiger partial charge in [0.05, 0.1) is 11.1 Å². The van der Waals surface area contributed by atoms with Crippen molar-refractivity contribution in [2.75, 3.05) is 5.32 Å². The van der Waals surface area contributed by atoms with Gasteiger partial charge in [-0.1, -0.05) is 22.0 Å². The molecule has 0 atom stereocenters. The summed E-state index contributed by atoms with van der Waals surface area (Å²) >= 11 is 3.50. The van der Waals surface area contributed by atoms with Crippen LogP contribution in [0.25, 0.3) is 10.9 Å². The molecule has 0 aliphatic heterocycles. The molecule has 0 fully saturated rings. The molecule has 3 aromatic rings. The quantitative estimate of drug-likeness (QED) is 0.736. The Balaban J connectivity index is 2.03. The average molecular weight is 358 g/mol. The summed E-state index contributed by atoms with van der Waals surface area (Å²) in [5.41, 5.74) is 2.82. The van der Waals surface area contributed by atoms with Crippen molar-refractivity contribution in [2.24, 2.45) is 0 Å². The van der Waals surface area contributed by atoms with Gasteiger partial charge in [0.2, 0.25) is 0 Å². The van der Waals surface area contributed by atoms with Crippen LogP contribution in [0.15, 0.2) is 47.2 Å². The lowest BCUT2D eigenvalue weighted by Gasteiger charge is -2.10. The molecule has 5 nitrogen and oxygen atoms in total. The third-order valence-electron chi connectivity index (χ3n) is 3.32. The Morgan fingerprint density at radius 2 is 2.00 bits per heavy atom. The maximum absolute atomic E-state index is 11.0. The number of nitrogens with one attached hydrogen (secondary N) is 1. The molecule has 0 unspecified atom stereocenters. The number of rotatable bonds is 3. The molecule has 2 N–H and O–H groups in total. The van der Waals surface area contributed by atoms with Crippen LogP contribution in [0.3, 0.4) is 0 Å². The van der Waals surface area contributed by atoms with Crippen LogP contribution < -0.4 is 5.32 Å². The predicted molar refractivity (Wildman–Crippen MR) is 88.7 cm³/mol. The van der Waals surface area contributed by atoms with Gasteiger partial charge in [-0.3, -0.25) is 0 Å². The highest BCUT2D eigenvalue weighted by Crippen LogP contribution is 2.26. The number of aromatic nitrogens is 2. The van der Waals surface area contributed by atoms with E-state index in [1.54, 1.807) is 12.1 Å². The van der Waals surface area contributed by atoms with Gasteiger partial charge in [-0.2, -0.15) is 0 Å². The van der Waals surface area contributed by atoms with Gasteiger partial charge in [0.1, 0.15) is 12.1 Å². The van der Waals surface area contributed by atoms with E-state index >= 15 is 0 Å². The Morgan fingerprint density at radius 1 is 1.18 bits per heavy atom. The zero-order chi connectivity index (χ0) is 15.7. The zero-order valence-corrected chi connectivity index (χ0v) is 13.3. The van der Waals surface area contributed by atoms with Gasteiger partial charge in [0.25, 0.3) is 0 Å². The summed E-state index contributed by atoms with van der Waals surface area (Å²) < 4.78 is 1.00. The highest BCUT2D eigenvalue weighted by Gasteiger charge is 2.08. The fourth-order valence-corrected chi connectivity index (χ4v) is 2.48. The number of halogens is 1. The fraction of sp³-hybridized carbons (Fsp3) is 0.0625. The molecule has 0 amide bonds. The van der Waals surface area contributed by atoms with Gasteiger partial charge in [0.15, 0.2) is 0 Å². The molecule has 110 valence electrons. The summed E-state index contributed by atoms with van der Waals surface area (Å²) in [5.74, 6) is -0.338. The summed E-state index contributed by atoms with van der Waals surface area (Å²) in [4.78, 5) is 19.4. The van der Waals surface area contributed by atoms with Gasteiger partial charge < -0.3 is 10.4 Å². The Hall–Kier alpha value is -2.47. The van der Waals surface area contributed by atoms with E-state index in [1.807, 2.05) is 25.1 Å². The number of carboxylic acids is 1. The van der Waals surface area contributed by atoms with Crippen molar-refractivity contribution in [2.45, 2.75) is 6.92 Å². The second kappa shape index (κ2) is 5.73. The molecule has 3 rings (SSSR count). The number of aromatic carboxylic acids is 1. The van der Waals surface area contributed by atoms with E-state index in [2.05, 4.69) is 31.2 Å². The molecule has 0 spiro atoms. The Kier molecular flexibility index (Phi) is 3.77. The van der Waals surface area contributed by atoms with Gasteiger partial charge in [0, 0.05) is 15.5 Å². The maximum Gasteiger partial charge on any atom is 0.335 e. The minimum Gasteiger partial charge on any atom is -0.478 e. The average Bonchev–Trinajstić information content (AvgIpc) is 2.50. The highest BCUT2D eigenvalue weighted by molar-refractivity contribution is 9.10. The number of carboxylic acid groups (broad SMARTS) is 1. The number of aryl methyl sites for hydroxylation is 1. The number of hydrogen-bond donors (Lipinski definition) is 2. The summed E-state index contributed by atoms with van der Waals surface area (Å²) in [6, 6.07) is 10.7. The number of hydrogen-bond acceptors (Lipinski definition) is 4. The van der Waals surface area contributed by atoms with E-state index in [-0.39, 0.29) is 5.56 Å².